The summed E-state index contributed by atoms with van der Waals surface area (Å²) in [7, 11) is 0. The van der Waals surface area contributed by atoms with Crippen molar-refractivity contribution < 1.29 is 22.5 Å². The molecule has 1 unspecified atom stereocenters. The topological polar surface area (TPSA) is 59.2 Å². The maximum Gasteiger partial charge on any atom is 0.471 e. The van der Waals surface area contributed by atoms with E-state index in [1.54, 1.807) is 29.2 Å². The van der Waals surface area contributed by atoms with Gasteiger partial charge in [-0.05, 0) is 24.8 Å². The van der Waals surface area contributed by atoms with Gasteiger partial charge >= 0.3 is 12.1 Å². The number of alkyl halides is 5. The van der Waals surface area contributed by atoms with Crippen molar-refractivity contribution in [3.8, 4) is 11.4 Å². The van der Waals surface area contributed by atoms with Crippen LogP contribution >= 0.6 is 23.2 Å². The number of hydrogen-bond donors (Lipinski definition) is 0. The van der Waals surface area contributed by atoms with Crippen molar-refractivity contribution in [2.24, 2.45) is 5.92 Å². The predicted molar refractivity (Wildman–Crippen MR) is 90.9 cm³/mol. The third kappa shape index (κ3) is 3.91. The molecular formula is C17H14Cl2F3N3O2. The molecule has 0 aliphatic heterocycles. The molecule has 1 aromatic carbocycles. The van der Waals surface area contributed by atoms with Crippen LogP contribution in [-0.4, -0.2) is 31.3 Å². The van der Waals surface area contributed by atoms with Gasteiger partial charge in [-0.3, -0.25) is 4.79 Å². The normalized spacial score (nSPS) is 21.1. The molecule has 1 amide bonds. The molecule has 0 radical (unpaired) electrons. The summed E-state index contributed by atoms with van der Waals surface area (Å²) in [5.74, 6) is -1.96. The first kappa shape index (κ1) is 18.6. The molecule has 1 atom stereocenters. The standard InChI is InChI=1S/C17H14Cl2F3N3O2/c18-16(19)7-12(16)14(26)25(11-5-6-11)8-9-1-3-10(4-2-9)13-23-15(27-24-13)17(20,21)22/h1-4,11-12H,5-8H2. The average Bonchev–Trinajstić information content (AvgIpc) is 3.48. The van der Waals surface area contributed by atoms with E-state index in [4.69, 9.17) is 23.2 Å². The summed E-state index contributed by atoms with van der Waals surface area (Å²) in [6.45, 7) is 0.393. The highest BCUT2D eigenvalue weighted by atomic mass is 35.5. The van der Waals surface area contributed by atoms with Crippen molar-refractivity contribution >= 4 is 29.1 Å². The quantitative estimate of drug-likeness (QED) is 0.672. The second-order valence-electron chi connectivity index (χ2n) is 6.83. The fourth-order valence-corrected chi connectivity index (χ4v) is 3.36. The fourth-order valence-electron chi connectivity index (χ4n) is 2.87. The van der Waals surface area contributed by atoms with Gasteiger partial charge in [-0.25, -0.2) is 0 Å². The lowest BCUT2D eigenvalue weighted by molar-refractivity contribution is -0.159. The SMILES string of the molecule is O=C(C1CC1(Cl)Cl)N(Cc1ccc(-c2noc(C(F)(F)F)n2)cc1)C1CC1. The van der Waals surface area contributed by atoms with Gasteiger partial charge in [-0.15, -0.1) is 23.2 Å². The molecule has 144 valence electrons. The van der Waals surface area contributed by atoms with Crippen molar-refractivity contribution in [3.05, 3.63) is 35.7 Å². The smallest absolute Gasteiger partial charge is 0.335 e. The summed E-state index contributed by atoms with van der Waals surface area (Å²) in [6, 6.07) is 6.83. The number of nitrogens with zero attached hydrogens (tertiary/aromatic N) is 3. The highest BCUT2D eigenvalue weighted by Gasteiger charge is 2.58. The van der Waals surface area contributed by atoms with Crippen molar-refractivity contribution in [3.63, 3.8) is 0 Å². The lowest BCUT2D eigenvalue weighted by Gasteiger charge is -2.23. The third-order valence-corrected chi connectivity index (χ3v) is 5.46. The summed E-state index contributed by atoms with van der Waals surface area (Å²) in [6.07, 6.45) is -2.34. The molecule has 1 aromatic heterocycles. The van der Waals surface area contributed by atoms with E-state index in [0.29, 0.717) is 18.5 Å². The number of carbonyl (C=O) groups is 1. The molecular weight excluding hydrogens is 406 g/mol. The van der Waals surface area contributed by atoms with Crippen molar-refractivity contribution in [1.29, 1.82) is 0 Å². The average molecular weight is 420 g/mol. The molecule has 10 heteroatoms. The first-order chi connectivity index (χ1) is 12.6. The van der Waals surface area contributed by atoms with Crippen molar-refractivity contribution in [2.45, 2.75) is 42.4 Å². The van der Waals surface area contributed by atoms with E-state index < -0.39 is 16.4 Å². The summed E-state index contributed by atoms with van der Waals surface area (Å²) in [5.41, 5.74) is 1.24. The second kappa shape index (κ2) is 6.38. The van der Waals surface area contributed by atoms with E-state index in [9.17, 15) is 18.0 Å². The molecule has 2 aromatic rings. The van der Waals surface area contributed by atoms with E-state index in [-0.39, 0.29) is 23.7 Å². The zero-order valence-corrected chi connectivity index (χ0v) is 15.4. The molecule has 0 saturated heterocycles. The molecule has 0 spiro atoms. The van der Waals surface area contributed by atoms with Gasteiger partial charge in [-0.2, -0.15) is 18.2 Å². The largest absolute Gasteiger partial charge is 0.471 e. The van der Waals surface area contributed by atoms with Gasteiger partial charge in [0.15, 0.2) is 0 Å². The van der Waals surface area contributed by atoms with Crippen LogP contribution in [0.25, 0.3) is 11.4 Å². The molecule has 5 nitrogen and oxygen atoms in total. The van der Waals surface area contributed by atoms with Crippen LogP contribution in [0.1, 0.15) is 30.7 Å². The maximum atomic E-state index is 12.6. The van der Waals surface area contributed by atoms with Gasteiger partial charge in [0.05, 0.1) is 5.92 Å². The van der Waals surface area contributed by atoms with Crippen LogP contribution in [0.3, 0.4) is 0 Å². The number of benzene rings is 1. The van der Waals surface area contributed by atoms with Gasteiger partial charge in [0.2, 0.25) is 11.7 Å². The molecule has 0 bridgehead atoms. The Balaban J connectivity index is 1.47. The summed E-state index contributed by atoms with van der Waals surface area (Å²) >= 11 is 12.0. The molecule has 4 rings (SSSR count). The Bertz CT molecular complexity index is 863. The first-order valence-electron chi connectivity index (χ1n) is 8.34. The van der Waals surface area contributed by atoms with Gasteiger partial charge in [0, 0.05) is 18.2 Å². The Hall–Kier alpha value is -1.80. The summed E-state index contributed by atoms with van der Waals surface area (Å²) in [5, 5.41) is 3.36. The van der Waals surface area contributed by atoms with Crippen LogP contribution in [0, 0.1) is 5.92 Å². The summed E-state index contributed by atoms with van der Waals surface area (Å²) < 4.78 is 40.9. The lowest BCUT2D eigenvalue weighted by Crippen LogP contribution is -2.34. The molecule has 2 fully saturated rings. The lowest BCUT2D eigenvalue weighted by atomic mass is 10.1. The van der Waals surface area contributed by atoms with E-state index in [2.05, 4.69) is 14.7 Å². The number of aromatic nitrogens is 2. The summed E-state index contributed by atoms with van der Waals surface area (Å²) in [4.78, 5) is 17.7. The Morgan fingerprint density at radius 3 is 2.37 bits per heavy atom. The van der Waals surface area contributed by atoms with Gasteiger partial charge in [0.1, 0.15) is 4.33 Å². The van der Waals surface area contributed by atoms with Gasteiger partial charge in [-0.1, -0.05) is 29.4 Å². The number of halogens is 5. The number of hydrogen-bond acceptors (Lipinski definition) is 4. The first-order valence-corrected chi connectivity index (χ1v) is 9.09. The van der Waals surface area contributed by atoms with E-state index in [0.717, 1.165) is 18.4 Å². The Morgan fingerprint density at radius 1 is 1.26 bits per heavy atom. The molecule has 27 heavy (non-hydrogen) atoms. The van der Waals surface area contributed by atoms with Crippen LogP contribution in [0.2, 0.25) is 0 Å². The van der Waals surface area contributed by atoms with Crippen LogP contribution in [-0.2, 0) is 17.5 Å². The monoisotopic (exact) mass is 419 g/mol. The van der Waals surface area contributed by atoms with E-state index in [1.165, 1.54) is 0 Å². The van der Waals surface area contributed by atoms with E-state index in [1.807, 2.05) is 0 Å². The van der Waals surface area contributed by atoms with Crippen molar-refractivity contribution in [2.75, 3.05) is 0 Å². The fraction of sp³-hybridized carbons (Fsp3) is 0.471. The van der Waals surface area contributed by atoms with E-state index >= 15 is 0 Å². The molecule has 2 aliphatic rings. The molecule has 0 N–H and O–H groups in total. The van der Waals surface area contributed by atoms with Crippen molar-refractivity contribution in [1.82, 2.24) is 15.0 Å². The Morgan fingerprint density at radius 2 is 1.89 bits per heavy atom. The van der Waals surface area contributed by atoms with Crippen LogP contribution in [0.15, 0.2) is 28.8 Å². The minimum atomic E-state index is -4.68. The van der Waals surface area contributed by atoms with Gasteiger partial charge in [0.25, 0.3) is 0 Å². The van der Waals surface area contributed by atoms with Crippen LogP contribution in [0.4, 0.5) is 13.2 Å². The molecule has 1 heterocycles. The highest BCUT2D eigenvalue weighted by molar-refractivity contribution is 6.52. The number of amides is 1. The second-order valence-corrected chi connectivity index (χ2v) is 8.38. The molecule has 2 saturated carbocycles. The third-order valence-electron chi connectivity index (χ3n) is 4.63. The van der Waals surface area contributed by atoms with Crippen LogP contribution in [0.5, 0.6) is 0 Å². The Kier molecular flexibility index (Phi) is 4.38. The predicted octanol–water partition coefficient (Wildman–Crippen LogP) is 4.44. The minimum Gasteiger partial charge on any atom is -0.335 e. The maximum absolute atomic E-state index is 12.6. The van der Waals surface area contributed by atoms with Gasteiger partial charge < -0.3 is 9.42 Å². The highest BCUT2D eigenvalue weighted by Crippen LogP contribution is 2.54. The number of rotatable bonds is 5. The zero-order valence-electron chi connectivity index (χ0n) is 13.8. The zero-order chi connectivity index (χ0) is 19.4. The Labute approximate surface area is 162 Å². The molecule has 2 aliphatic carbocycles. The minimum absolute atomic E-state index is 0.0560. The van der Waals surface area contributed by atoms with Crippen LogP contribution < -0.4 is 0 Å². The number of carbonyl (C=O) groups excluding carboxylic acids is 1.